The third-order valence-corrected chi connectivity index (χ3v) is 3.49. The largest absolute Gasteiger partial charge is 0.504 e. The topological polar surface area (TPSA) is 69.9 Å². The van der Waals surface area contributed by atoms with Crippen molar-refractivity contribution >= 4 is 12.6 Å². The quantitative estimate of drug-likeness (QED) is 0.618. The highest BCUT2D eigenvalue weighted by Gasteiger charge is 2.18. The van der Waals surface area contributed by atoms with Crippen LogP contribution in [0.5, 0.6) is 11.5 Å². The molecule has 0 saturated heterocycles. The van der Waals surface area contributed by atoms with Crippen LogP contribution >= 0.6 is 12.6 Å². The lowest BCUT2D eigenvalue weighted by Crippen LogP contribution is -2.19. The van der Waals surface area contributed by atoms with Gasteiger partial charge in [-0.1, -0.05) is 36.4 Å². The van der Waals surface area contributed by atoms with Gasteiger partial charge in [0, 0.05) is 5.75 Å². The third-order valence-electron chi connectivity index (χ3n) is 3.11. The lowest BCUT2D eigenvalue weighted by atomic mass is 10.0. The Bertz CT molecular complexity index is 574. The molecule has 0 aliphatic rings. The minimum atomic E-state index is -1.07. The van der Waals surface area contributed by atoms with Crippen molar-refractivity contribution in [2.75, 3.05) is 5.75 Å². The number of aliphatic hydroxyl groups is 2. The van der Waals surface area contributed by atoms with E-state index in [4.69, 9.17) is 4.74 Å². The molecule has 0 bridgehead atoms. The van der Waals surface area contributed by atoms with Crippen molar-refractivity contribution < 1.29 is 20.1 Å². The number of aromatic hydroxyl groups is 1. The summed E-state index contributed by atoms with van der Waals surface area (Å²) >= 11 is 3.95. The van der Waals surface area contributed by atoms with Crippen LogP contribution in [0.1, 0.15) is 17.2 Å². The van der Waals surface area contributed by atoms with Crippen LogP contribution in [-0.2, 0) is 6.61 Å². The number of phenols is 1. The highest BCUT2D eigenvalue weighted by molar-refractivity contribution is 7.80. The Morgan fingerprint density at radius 3 is 2.43 bits per heavy atom. The summed E-state index contributed by atoms with van der Waals surface area (Å²) in [5.74, 6) is 0.395. The number of thiol groups is 1. The van der Waals surface area contributed by atoms with Crippen LogP contribution in [0.4, 0.5) is 0 Å². The van der Waals surface area contributed by atoms with Gasteiger partial charge in [-0.15, -0.1) is 0 Å². The Kier molecular flexibility index (Phi) is 5.50. The first-order valence-electron chi connectivity index (χ1n) is 6.58. The van der Waals surface area contributed by atoms with Gasteiger partial charge in [0.05, 0.1) is 6.10 Å². The van der Waals surface area contributed by atoms with Crippen molar-refractivity contribution in [2.24, 2.45) is 0 Å². The molecule has 0 saturated carbocycles. The summed E-state index contributed by atoms with van der Waals surface area (Å²) in [5.41, 5.74) is 1.44. The van der Waals surface area contributed by atoms with E-state index >= 15 is 0 Å². The summed E-state index contributed by atoms with van der Waals surface area (Å²) in [6.45, 7) is 0.309. The van der Waals surface area contributed by atoms with Crippen LogP contribution in [0.3, 0.4) is 0 Å². The zero-order valence-corrected chi connectivity index (χ0v) is 12.3. The number of aliphatic hydroxyl groups excluding tert-OH is 2. The van der Waals surface area contributed by atoms with Crippen LogP contribution in [0, 0.1) is 0 Å². The fourth-order valence-corrected chi connectivity index (χ4v) is 2.09. The lowest BCUT2D eigenvalue weighted by Gasteiger charge is -2.17. The number of benzene rings is 2. The molecule has 2 rings (SSSR count). The van der Waals surface area contributed by atoms with E-state index in [1.807, 2.05) is 30.3 Å². The van der Waals surface area contributed by atoms with E-state index in [2.05, 4.69) is 12.6 Å². The highest BCUT2D eigenvalue weighted by atomic mass is 32.1. The first kappa shape index (κ1) is 15.7. The van der Waals surface area contributed by atoms with Crippen molar-refractivity contribution in [1.82, 2.24) is 0 Å². The van der Waals surface area contributed by atoms with Gasteiger partial charge in [0.25, 0.3) is 0 Å². The van der Waals surface area contributed by atoms with Crippen molar-refractivity contribution in [3.63, 3.8) is 0 Å². The number of hydrogen-bond donors (Lipinski definition) is 4. The zero-order chi connectivity index (χ0) is 15.2. The van der Waals surface area contributed by atoms with Gasteiger partial charge < -0.3 is 20.1 Å². The van der Waals surface area contributed by atoms with Crippen molar-refractivity contribution in [3.05, 3.63) is 59.7 Å². The van der Waals surface area contributed by atoms with E-state index in [-0.39, 0.29) is 17.3 Å². The fraction of sp³-hybridized carbons (Fsp3) is 0.250. The monoisotopic (exact) mass is 306 g/mol. The highest BCUT2D eigenvalue weighted by Crippen LogP contribution is 2.31. The summed E-state index contributed by atoms with van der Waals surface area (Å²) in [7, 11) is 0. The molecule has 5 heteroatoms. The Hall–Kier alpha value is -1.69. The Morgan fingerprint density at radius 1 is 1.05 bits per heavy atom. The van der Waals surface area contributed by atoms with E-state index in [1.54, 1.807) is 6.07 Å². The third kappa shape index (κ3) is 4.14. The second-order valence-corrected chi connectivity index (χ2v) is 5.06. The smallest absolute Gasteiger partial charge is 0.161 e. The van der Waals surface area contributed by atoms with Gasteiger partial charge in [-0.3, -0.25) is 0 Å². The van der Waals surface area contributed by atoms with Gasteiger partial charge in [-0.25, -0.2) is 0 Å². The van der Waals surface area contributed by atoms with Gasteiger partial charge in [0.2, 0.25) is 0 Å². The lowest BCUT2D eigenvalue weighted by molar-refractivity contribution is 0.0335. The molecule has 0 radical (unpaired) electrons. The number of hydrogen-bond acceptors (Lipinski definition) is 5. The minimum Gasteiger partial charge on any atom is -0.504 e. The molecule has 0 aliphatic carbocycles. The van der Waals surface area contributed by atoms with Crippen LogP contribution in [-0.4, -0.2) is 27.2 Å². The molecular weight excluding hydrogens is 288 g/mol. The number of rotatable bonds is 6. The Balaban J connectivity index is 2.12. The molecule has 0 spiro atoms. The van der Waals surface area contributed by atoms with Gasteiger partial charge in [0.1, 0.15) is 12.7 Å². The average Bonchev–Trinajstić information content (AvgIpc) is 2.53. The van der Waals surface area contributed by atoms with Gasteiger partial charge in [0.15, 0.2) is 11.5 Å². The van der Waals surface area contributed by atoms with E-state index in [0.29, 0.717) is 12.2 Å². The molecule has 2 unspecified atom stereocenters. The van der Waals surface area contributed by atoms with E-state index in [1.165, 1.54) is 12.1 Å². The Labute approximate surface area is 129 Å². The van der Waals surface area contributed by atoms with Gasteiger partial charge in [-0.2, -0.15) is 12.6 Å². The standard InChI is InChI=1S/C16H18O4S/c17-13-7-6-12(16(19)14(18)10-21)8-15(13)20-9-11-4-2-1-3-5-11/h1-8,14,16-19,21H,9-10H2. The molecule has 0 amide bonds. The van der Waals surface area contributed by atoms with Gasteiger partial charge >= 0.3 is 0 Å². The maximum Gasteiger partial charge on any atom is 0.161 e. The second kappa shape index (κ2) is 7.36. The molecule has 0 heterocycles. The molecule has 21 heavy (non-hydrogen) atoms. The SMILES string of the molecule is Oc1ccc(C(O)C(O)CS)cc1OCc1ccccc1. The number of ether oxygens (including phenoxy) is 1. The molecule has 0 fully saturated rings. The summed E-state index contributed by atoms with van der Waals surface area (Å²) in [4.78, 5) is 0. The Morgan fingerprint density at radius 2 is 1.76 bits per heavy atom. The predicted molar refractivity (Wildman–Crippen MR) is 83.7 cm³/mol. The predicted octanol–water partition coefficient (Wildman–Crippen LogP) is 2.30. The van der Waals surface area contributed by atoms with E-state index in [9.17, 15) is 15.3 Å². The number of phenolic OH excluding ortho intramolecular Hbond substituents is 1. The molecule has 0 aliphatic heterocycles. The minimum absolute atomic E-state index is 0.0118. The zero-order valence-electron chi connectivity index (χ0n) is 11.4. The summed E-state index contributed by atoms with van der Waals surface area (Å²) < 4.78 is 5.57. The molecular formula is C16H18O4S. The molecule has 4 nitrogen and oxygen atoms in total. The van der Waals surface area contributed by atoms with Gasteiger partial charge in [-0.05, 0) is 23.3 Å². The normalized spacial score (nSPS) is 13.7. The van der Waals surface area contributed by atoms with Crippen molar-refractivity contribution in [2.45, 2.75) is 18.8 Å². The average molecular weight is 306 g/mol. The fourth-order valence-electron chi connectivity index (χ4n) is 1.89. The molecule has 2 aromatic carbocycles. The van der Waals surface area contributed by atoms with Crippen molar-refractivity contribution in [3.8, 4) is 11.5 Å². The van der Waals surface area contributed by atoms with Crippen molar-refractivity contribution in [1.29, 1.82) is 0 Å². The summed E-state index contributed by atoms with van der Waals surface area (Å²) in [6.07, 6.45) is -2.04. The van der Waals surface area contributed by atoms with E-state index < -0.39 is 12.2 Å². The molecule has 112 valence electrons. The first-order valence-corrected chi connectivity index (χ1v) is 7.21. The van der Waals surface area contributed by atoms with Crippen LogP contribution < -0.4 is 4.74 Å². The summed E-state index contributed by atoms with van der Waals surface area (Å²) in [6, 6.07) is 14.1. The van der Waals surface area contributed by atoms with Crippen LogP contribution in [0.15, 0.2) is 48.5 Å². The maximum absolute atomic E-state index is 9.95. The molecule has 0 aromatic heterocycles. The van der Waals surface area contributed by atoms with Crippen LogP contribution in [0.25, 0.3) is 0 Å². The molecule has 3 N–H and O–H groups in total. The van der Waals surface area contributed by atoms with E-state index in [0.717, 1.165) is 5.56 Å². The summed E-state index contributed by atoms with van der Waals surface area (Å²) in [5, 5.41) is 29.4. The maximum atomic E-state index is 9.95. The molecule has 2 atom stereocenters. The van der Waals surface area contributed by atoms with Crippen LogP contribution in [0.2, 0.25) is 0 Å². The second-order valence-electron chi connectivity index (χ2n) is 4.70. The first-order chi connectivity index (χ1) is 10.1. The molecule has 2 aromatic rings.